The summed E-state index contributed by atoms with van der Waals surface area (Å²) in [5, 5.41) is 9.25. The monoisotopic (exact) mass is 315 g/mol. The second kappa shape index (κ2) is 7.53. The molecule has 0 amide bonds. The Balaban J connectivity index is 2.89. The maximum Gasteiger partial charge on any atom is 0.337 e. The molecule has 0 radical (unpaired) electrons. The first-order chi connectivity index (χ1) is 9.80. The van der Waals surface area contributed by atoms with E-state index in [9.17, 15) is 18.3 Å². The minimum Gasteiger partial charge on any atom is -0.465 e. The third-order valence-electron chi connectivity index (χ3n) is 2.88. The van der Waals surface area contributed by atoms with Crippen molar-refractivity contribution in [1.82, 2.24) is 4.72 Å². The average Bonchev–Trinajstić information content (AvgIpc) is 2.45. The predicted molar refractivity (Wildman–Crippen MR) is 78.4 cm³/mol. The molecule has 0 saturated carbocycles. The van der Waals surface area contributed by atoms with E-state index >= 15 is 0 Å². The molecular formula is C14H21NO5S. The van der Waals surface area contributed by atoms with Gasteiger partial charge in [-0.1, -0.05) is 13.8 Å². The minimum atomic E-state index is -3.73. The number of aliphatic hydroxyl groups is 1. The Morgan fingerprint density at radius 3 is 2.29 bits per heavy atom. The highest BCUT2D eigenvalue weighted by molar-refractivity contribution is 7.89. The smallest absolute Gasteiger partial charge is 0.337 e. The lowest BCUT2D eigenvalue weighted by atomic mass is 10.1. The molecular weight excluding hydrogens is 294 g/mol. The van der Waals surface area contributed by atoms with Crippen LogP contribution in [-0.4, -0.2) is 39.3 Å². The summed E-state index contributed by atoms with van der Waals surface area (Å²) in [6.45, 7) is 3.63. The number of aliphatic hydroxyl groups excluding tert-OH is 1. The van der Waals surface area contributed by atoms with Crippen LogP contribution in [0.4, 0.5) is 0 Å². The lowest BCUT2D eigenvalue weighted by Gasteiger charge is -2.18. The van der Waals surface area contributed by atoms with Crippen LogP contribution in [0.1, 0.15) is 30.6 Å². The van der Waals surface area contributed by atoms with Crippen LogP contribution in [-0.2, 0) is 14.8 Å². The van der Waals surface area contributed by atoms with Crippen LogP contribution in [0.5, 0.6) is 0 Å². The van der Waals surface area contributed by atoms with Gasteiger partial charge in [0.05, 0.1) is 24.2 Å². The number of hydrogen-bond donors (Lipinski definition) is 2. The average molecular weight is 315 g/mol. The van der Waals surface area contributed by atoms with Gasteiger partial charge in [-0.3, -0.25) is 0 Å². The maximum absolute atomic E-state index is 12.2. The molecule has 1 aromatic rings. The van der Waals surface area contributed by atoms with E-state index in [1.807, 2.05) is 13.8 Å². The van der Waals surface area contributed by atoms with Crippen molar-refractivity contribution >= 4 is 16.0 Å². The Bertz CT molecular complexity index is 566. The molecule has 2 N–H and O–H groups in total. The normalized spacial score (nSPS) is 13.2. The zero-order valence-corrected chi connectivity index (χ0v) is 13.2. The topological polar surface area (TPSA) is 92.7 Å². The Morgan fingerprint density at radius 1 is 1.29 bits per heavy atom. The van der Waals surface area contributed by atoms with Crippen LogP contribution in [0.2, 0.25) is 0 Å². The van der Waals surface area contributed by atoms with E-state index in [2.05, 4.69) is 9.46 Å². The third kappa shape index (κ3) is 5.11. The maximum atomic E-state index is 12.2. The molecule has 0 saturated heterocycles. The van der Waals surface area contributed by atoms with Crippen molar-refractivity contribution in [2.24, 2.45) is 5.92 Å². The first kappa shape index (κ1) is 17.6. The first-order valence-corrected chi connectivity index (χ1v) is 8.10. The van der Waals surface area contributed by atoms with Crippen molar-refractivity contribution < 1.29 is 23.1 Å². The lowest BCUT2D eigenvalue weighted by molar-refractivity contribution is 0.0600. The van der Waals surface area contributed by atoms with Crippen LogP contribution in [0.3, 0.4) is 0 Å². The van der Waals surface area contributed by atoms with Crippen LogP contribution < -0.4 is 4.72 Å². The van der Waals surface area contributed by atoms with Gasteiger partial charge >= 0.3 is 5.97 Å². The molecule has 1 rings (SSSR count). The number of hydrogen-bond acceptors (Lipinski definition) is 5. The van der Waals surface area contributed by atoms with Gasteiger partial charge in [-0.2, -0.15) is 0 Å². The Labute approximate surface area is 125 Å². The number of rotatable bonds is 7. The van der Waals surface area contributed by atoms with E-state index in [4.69, 9.17) is 0 Å². The number of esters is 1. The van der Waals surface area contributed by atoms with Gasteiger partial charge in [0.15, 0.2) is 0 Å². The van der Waals surface area contributed by atoms with Gasteiger partial charge in [-0.25, -0.2) is 17.9 Å². The van der Waals surface area contributed by atoms with Gasteiger partial charge in [-0.15, -0.1) is 0 Å². The lowest BCUT2D eigenvalue weighted by Crippen LogP contribution is -2.38. The number of methoxy groups -OCH3 is 1. The molecule has 0 aliphatic rings. The molecule has 7 heteroatoms. The van der Waals surface area contributed by atoms with Gasteiger partial charge in [-0.05, 0) is 36.6 Å². The molecule has 0 bridgehead atoms. The highest BCUT2D eigenvalue weighted by atomic mass is 32.2. The molecule has 0 fully saturated rings. The Hall–Kier alpha value is -1.44. The molecule has 1 unspecified atom stereocenters. The molecule has 1 atom stereocenters. The predicted octanol–water partition coefficient (Wildman–Crippen LogP) is 1.16. The summed E-state index contributed by atoms with van der Waals surface area (Å²) >= 11 is 0. The highest BCUT2D eigenvalue weighted by Crippen LogP contribution is 2.13. The fourth-order valence-corrected chi connectivity index (χ4v) is 3.14. The molecule has 0 heterocycles. The van der Waals surface area contributed by atoms with Crippen LogP contribution in [0.15, 0.2) is 29.2 Å². The van der Waals surface area contributed by atoms with Crippen molar-refractivity contribution in [3.05, 3.63) is 29.8 Å². The molecule has 1 aromatic carbocycles. The zero-order valence-electron chi connectivity index (χ0n) is 12.4. The standard InChI is InChI=1S/C14H21NO5S/c1-10(2)8-12(9-16)15-21(18,19)13-6-4-11(5-7-13)14(17)20-3/h4-7,10,12,15-16H,8-9H2,1-3H3. The van der Waals surface area contributed by atoms with Crippen molar-refractivity contribution in [2.75, 3.05) is 13.7 Å². The van der Waals surface area contributed by atoms with Gasteiger partial charge in [0.1, 0.15) is 0 Å². The quantitative estimate of drug-likeness (QED) is 0.737. The molecule has 0 aliphatic carbocycles. The van der Waals surface area contributed by atoms with E-state index in [-0.39, 0.29) is 23.0 Å². The number of ether oxygens (including phenoxy) is 1. The van der Waals surface area contributed by atoms with Crippen LogP contribution in [0.25, 0.3) is 0 Å². The molecule has 0 aliphatic heterocycles. The van der Waals surface area contributed by atoms with Crippen molar-refractivity contribution in [1.29, 1.82) is 0 Å². The Kier molecular flexibility index (Phi) is 6.32. The Morgan fingerprint density at radius 2 is 1.86 bits per heavy atom. The largest absolute Gasteiger partial charge is 0.465 e. The number of carbonyl (C=O) groups is 1. The summed E-state index contributed by atoms with van der Waals surface area (Å²) < 4.78 is 31.4. The van der Waals surface area contributed by atoms with E-state index in [0.29, 0.717) is 6.42 Å². The van der Waals surface area contributed by atoms with Crippen molar-refractivity contribution in [3.8, 4) is 0 Å². The van der Waals surface area contributed by atoms with Gasteiger partial charge < -0.3 is 9.84 Å². The molecule has 0 aromatic heterocycles. The fraction of sp³-hybridized carbons (Fsp3) is 0.500. The second-order valence-corrected chi connectivity index (χ2v) is 6.86. The summed E-state index contributed by atoms with van der Waals surface area (Å²) in [6, 6.07) is 4.90. The molecule has 118 valence electrons. The molecule has 6 nitrogen and oxygen atoms in total. The van der Waals surface area contributed by atoms with Crippen molar-refractivity contribution in [3.63, 3.8) is 0 Å². The summed E-state index contributed by atoms with van der Waals surface area (Å²) in [7, 11) is -2.47. The van der Waals surface area contributed by atoms with E-state index in [1.54, 1.807) is 0 Å². The minimum absolute atomic E-state index is 0.0392. The molecule has 0 spiro atoms. The van der Waals surface area contributed by atoms with Gasteiger partial charge in [0.25, 0.3) is 0 Å². The van der Waals surface area contributed by atoms with Gasteiger partial charge in [0, 0.05) is 6.04 Å². The van der Waals surface area contributed by atoms with E-state index in [1.165, 1.54) is 31.4 Å². The van der Waals surface area contributed by atoms with Gasteiger partial charge in [0.2, 0.25) is 10.0 Å². The second-order valence-electron chi connectivity index (χ2n) is 5.15. The van der Waals surface area contributed by atoms with Crippen LogP contribution in [0, 0.1) is 5.92 Å². The first-order valence-electron chi connectivity index (χ1n) is 6.61. The summed E-state index contributed by atoms with van der Waals surface area (Å²) in [5.41, 5.74) is 0.275. The van der Waals surface area contributed by atoms with E-state index in [0.717, 1.165) is 0 Å². The SMILES string of the molecule is COC(=O)c1ccc(S(=O)(=O)NC(CO)CC(C)C)cc1. The summed E-state index contributed by atoms with van der Waals surface area (Å²) in [6.07, 6.45) is 0.538. The third-order valence-corrected chi connectivity index (χ3v) is 4.42. The number of benzene rings is 1. The molecule has 21 heavy (non-hydrogen) atoms. The van der Waals surface area contributed by atoms with Crippen LogP contribution >= 0.6 is 0 Å². The van der Waals surface area contributed by atoms with Crippen molar-refractivity contribution in [2.45, 2.75) is 31.2 Å². The highest BCUT2D eigenvalue weighted by Gasteiger charge is 2.20. The summed E-state index contributed by atoms with van der Waals surface area (Å²) in [4.78, 5) is 11.3. The number of sulfonamides is 1. The van der Waals surface area contributed by atoms with E-state index < -0.39 is 22.0 Å². The number of nitrogens with one attached hydrogen (secondary N) is 1. The summed E-state index contributed by atoms with van der Waals surface area (Å²) in [5.74, 6) is -0.272. The zero-order chi connectivity index (χ0) is 16.0. The number of carbonyl (C=O) groups excluding carboxylic acids is 1. The fourth-order valence-electron chi connectivity index (χ4n) is 1.90.